The van der Waals surface area contributed by atoms with Gasteiger partial charge in [0.15, 0.2) is 5.11 Å². The third kappa shape index (κ3) is 4.10. The Morgan fingerprint density at radius 3 is 2.38 bits per heavy atom. The van der Waals surface area contributed by atoms with Crippen LogP contribution >= 0.6 is 28.1 Å². The number of methoxy groups -OCH3 is 3. The first-order valence-corrected chi connectivity index (χ1v) is 9.56. The summed E-state index contributed by atoms with van der Waals surface area (Å²) >= 11 is 8.63. The zero-order valence-corrected chi connectivity index (χ0v) is 18.2. The Morgan fingerprint density at radius 1 is 1.00 bits per heavy atom. The summed E-state index contributed by atoms with van der Waals surface area (Å²) in [4.78, 5) is 27.0. The van der Waals surface area contributed by atoms with Crippen molar-refractivity contribution in [1.82, 2.24) is 5.32 Å². The number of hydrogen-bond donors (Lipinski definition) is 1. The second-order valence-corrected chi connectivity index (χ2v) is 7.18. The minimum absolute atomic E-state index is 0.0400. The van der Waals surface area contributed by atoms with Crippen molar-refractivity contribution in [1.29, 1.82) is 0 Å². The third-order valence-electron chi connectivity index (χ3n) is 4.22. The molecule has 0 radical (unpaired) electrons. The van der Waals surface area contributed by atoms with Crippen LogP contribution in [0.15, 0.2) is 46.4 Å². The van der Waals surface area contributed by atoms with E-state index in [1.165, 1.54) is 32.3 Å². The van der Waals surface area contributed by atoms with Gasteiger partial charge in [0.2, 0.25) is 0 Å². The molecule has 2 amide bonds. The summed E-state index contributed by atoms with van der Waals surface area (Å²) in [5.41, 5.74) is 0.859. The highest BCUT2D eigenvalue weighted by atomic mass is 79.9. The normalized spacial score (nSPS) is 15.4. The van der Waals surface area contributed by atoms with Crippen molar-refractivity contribution < 1.29 is 23.8 Å². The molecule has 1 fully saturated rings. The van der Waals surface area contributed by atoms with Gasteiger partial charge in [-0.05, 0) is 48.6 Å². The maximum atomic E-state index is 13.2. The summed E-state index contributed by atoms with van der Waals surface area (Å²) in [6.45, 7) is 0. The van der Waals surface area contributed by atoms with Crippen molar-refractivity contribution in [3.63, 3.8) is 0 Å². The van der Waals surface area contributed by atoms with E-state index < -0.39 is 11.8 Å². The molecule has 1 aliphatic heterocycles. The van der Waals surface area contributed by atoms with Gasteiger partial charge in [-0.3, -0.25) is 14.9 Å². The van der Waals surface area contributed by atoms with Crippen molar-refractivity contribution in [3.8, 4) is 17.2 Å². The standard InChI is InChI=1S/C20H17BrN2O5S/c1-26-13-5-6-15(17(10-13)28-3)23-19(25)14(18(24)22-20(23)29)9-11-8-12(21)4-7-16(11)27-2/h4-10H,1-3H3,(H,22,24,29)/b14-9+. The number of anilines is 1. The van der Waals surface area contributed by atoms with E-state index in [1.54, 1.807) is 36.4 Å². The fraction of sp³-hybridized carbons (Fsp3) is 0.150. The van der Waals surface area contributed by atoms with Gasteiger partial charge in [0.05, 0.1) is 27.0 Å². The first-order chi connectivity index (χ1) is 13.9. The van der Waals surface area contributed by atoms with Crippen molar-refractivity contribution in [2.45, 2.75) is 0 Å². The molecular formula is C20H17BrN2O5S. The Morgan fingerprint density at radius 2 is 1.72 bits per heavy atom. The lowest BCUT2D eigenvalue weighted by atomic mass is 10.1. The smallest absolute Gasteiger partial charge is 0.270 e. The Balaban J connectivity index is 2.09. The molecule has 0 atom stereocenters. The maximum absolute atomic E-state index is 13.2. The number of rotatable bonds is 5. The molecule has 0 bridgehead atoms. The molecule has 0 aliphatic carbocycles. The van der Waals surface area contributed by atoms with Gasteiger partial charge in [0.25, 0.3) is 11.8 Å². The first kappa shape index (κ1) is 20.8. The predicted octanol–water partition coefficient (Wildman–Crippen LogP) is 3.31. The molecule has 2 aromatic carbocycles. The Labute approximate surface area is 181 Å². The second kappa shape index (κ2) is 8.62. The van der Waals surface area contributed by atoms with E-state index in [9.17, 15) is 9.59 Å². The van der Waals surface area contributed by atoms with E-state index in [4.69, 9.17) is 26.4 Å². The van der Waals surface area contributed by atoms with Crippen LogP contribution in [0.5, 0.6) is 17.2 Å². The Bertz CT molecular complexity index is 1040. The number of ether oxygens (including phenoxy) is 3. The highest BCUT2D eigenvalue weighted by Gasteiger charge is 2.36. The first-order valence-electron chi connectivity index (χ1n) is 8.36. The highest BCUT2D eigenvalue weighted by molar-refractivity contribution is 9.10. The number of benzene rings is 2. The average molecular weight is 477 g/mol. The van der Waals surface area contributed by atoms with Crippen LogP contribution in [0.2, 0.25) is 0 Å². The molecule has 2 aromatic rings. The Kier molecular flexibility index (Phi) is 6.19. The number of amides is 2. The number of hydrogen-bond acceptors (Lipinski definition) is 6. The van der Waals surface area contributed by atoms with Crippen molar-refractivity contribution >= 4 is 56.8 Å². The summed E-state index contributed by atoms with van der Waals surface area (Å²) in [6.07, 6.45) is 1.46. The molecule has 150 valence electrons. The van der Waals surface area contributed by atoms with E-state index in [2.05, 4.69) is 21.2 Å². The fourth-order valence-corrected chi connectivity index (χ4v) is 3.47. The van der Waals surface area contributed by atoms with Gasteiger partial charge >= 0.3 is 0 Å². The Hall–Kier alpha value is -2.91. The van der Waals surface area contributed by atoms with Crippen LogP contribution < -0.4 is 24.4 Å². The molecule has 1 N–H and O–H groups in total. The van der Waals surface area contributed by atoms with Gasteiger partial charge < -0.3 is 14.2 Å². The highest BCUT2D eigenvalue weighted by Crippen LogP contribution is 2.35. The molecule has 1 heterocycles. The van der Waals surface area contributed by atoms with Gasteiger partial charge in [-0.1, -0.05) is 15.9 Å². The number of carbonyl (C=O) groups excluding carboxylic acids is 2. The molecule has 9 heteroatoms. The van der Waals surface area contributed by atoms with Crippen molar-refractivity contribution in [2.75, 3.05) is 26.2 Å². The van der Waals surface area contributed by atoms with Crippen LogP contribution in [-0.2, 0) is 9.59 Å². The summed E-state index contributed by atoms with van der Waals surface area (Å²) in [5, 5.41) is 2.51. The van der Waals surface area contributed by atoms with Crippen LogP contribution in [0.1, 0.15) is 5.56 Å². The molecule has 0 saturated carbocycles. The molecule has 29 heavy (non-hydrogen) atoms. The summed E-state index contributed by atoms with van der Waals surface area (Å²) in [7, 11) is 4.51. The lowest BCUT2D eigenvalue weighted by Gasteiger charge is -2.30. The van der Waals surface area contributed by atoms with E-state index in [-0.39, 0.29) is 10.7 Å². The largest absolute Gasteiger partial charge is 0.497 e. The molecule has 0 unspecified atom stereocenters. The lowest BCUT2D eigenvalue weighted by molar-refractivity contribution is -0.122. The molecule has 3 rings (SSSR count). The number of nitrogens with zero attached hydrogens (tertiary/aromatic N) is 1. The van der Waals surface area contributed by atoms with Crippen LogP contribution in [0, 0.1) is 0 Å². The van der Waals surface area contributed by atoms with E-state index >= 15 is 0 Å². The van der Waals surface area contributed by atoms with Gasteiger partial charge in [0.1, 0.15) is 22.8 Å². The molecule has 0 aromatic heterocycles. The number of halogens is 1. The third-order valence-corrected chi connectivity index (χ3v) is 5.00. The fourth-order valence-electron chi connectivity index (χ4n) is 2.82. The quantitative estimate of drug-likeness (QED) is 0.405. The van der Waals surface area contributed by atoms with Crippen LogP contribution in [0.3, 0.4) is 0 Å². The van der Waals surface area contributed by atoms with Gasteiger partial charge in [-0.2, -0.15) is 0 Å². The van der Waals surface area contributed by atoms with E-state index in [0.717, 1.165) is 4.47 Å². The van der Waals surface area contributed by atoms with Gasteiger partial charge in [0, 0.05) is 16.1 Å². The summed E-state index contributed by atoms with van der Waals surface area (Å²) in [6, 6.07) is 10.2. The van der Waals surface area contributed by atoms with E-state index in [1.807, 2.05) is 0 Å². The molecule has 0 spiro atoms. The summed E-state index contributed by atoms with van der Waals surface area (Å²) < 4.78 is 16.7. The van der Waals surface area contributed by atoms with Gasteiger partial charge in [-0.25, -0.2) is 4.90 Å². The van der Waals surface area contributed by atoms with Crippen LogP contribution in [0.25, 0.3) is 6.08 Å². The molecular weight excluding hydrogens is 460 g/mol. The van der Waals surface area contributed by atoms with Crippen molar-refractivity contribution in [3.05, 3.63) is 52.0 Å². The maximum Gasteiger partial charge on any atom is 0.270 e. The average Bonchev–Trinajstić information content (AvgIpc) is 2.71. The van der Waals surface area contributed by atoms with Crippen LogP contribution in [-0.4, -0.2) is 38.3 Å². The SMILES string of the molecule is COc1ccc(N2C(=O)/C(=C/c3cc(Br)ccc3OC)C(=O)NC2=S)c(OC)c1. The molecule has 1 aliphatic rings. The second-order valence-electron chi connectivity index (χ2n) is 5.88. The zero-order valence-electron chi connectivity index (χ0n) is 15.8. The topological polar surface area (TPSA) is 77.1 Å². The number of carbonyl (C=O) groups is 2. The minimum atomic E-state index is -0.592. The lowest BCUT2D eigenvalue weighted by Crippen LogP contribution is -2.54. The van der Waals surface area contributed by atoms with Gasteiger partial charge in [-0.15, -0.1) is 0 Å². The minimum Gasteiger partial charge on any atom is -0.497 e. The van der Waals surface area contributed by atoms with Crippen molar-refractivity contribution in [2.24, 2.45) is 0 Å². The summed E-state index contributed by atoms with van der Waals surface area (Å²) in [5.74, 6) is 0.272. The number of thiocarbonyl (C=S) groups is 1. The zero-order chi connectivity index (χ0) is 21.1. The van der Waals surface area contributed by atoms with E-state index in [0.29, 0.717) is 28.5 Å². The monoisotopic (exact) mass is 476 g/mol. The van der Waals surface area contributed by atoms with Crippen LogP contribution in [0.4, 0.5) is 5.69 Å². The molecule has 7 nitrogen and oxygen atoms in total. The predicted molar refractivity (Wildman–Crippen MR) is 116 cm³/mol. The molecule has 1 saturated heterocycles. The number of nitrogens with one attached hydrogen (secondary N) is 1.